The number of benzene rings is 1. The molecule has 6 heteroatoms. The summed E-state index contributed by atoms with van der Waals surface area (Å²) in [4.78, 5) is 33.6. The molecule has 18 heavy (non-hydrogen) atoms. The molecule has 94 valence electrons. The number of hydrogen-bond donors (Lipinski definition) is 1. The first-order valence-corrected chi connectivity index (χ1v) is 5.34. The average Bonchev–Trinajstić information content (AvgIpc) is 2.62. The molecule has 0 radical (unpaired) electrons. The van der Waals surface area contributed by atoms with Gasteiger partial charge in [0.15, 0.2) is 5.58 Å². The first-order valence-electron chi connectivity index (χ1n) is 5.34. The lowest BCUT2D eigenvalue weighted by Crippen LogP contribution is -2.16. The normalized spacial score (nSPS) is 11.1. The molecule has 0 saturated heterocycles. The molecule has 2 aromatic rings. The van der Waals surface area contributed by atoms with E-state index >= 15 is 0 Å². The largest absolute Gasteiger partial charge is 0.475 e. The molecule has 0 spiro atoms. The molecular weight excluding hydrogens is 238 g/mol. The van der Waals surface area contributed by atoms with Crippen LogP contribution in [0.4, 0.5) is 0 Å². The molecule has 6 nitrogen and oxygen atoms in total. The quantitative estimate of drug-likeness (QED) is 0.656. The third kappa shape index (κ3) is 1.81. The predicted octanol–water partition coefficient (Wildman–Crippen LogP) is 1.44. The molecule has 0 aliphatic heterocycles. The molecule has 1 N–H and O–H groups in total. The highest BCUT2D eigenvalue weighted by atomic mass is 16.4. The highest BCUT2D eigenvalue weighted by molar-refractivity contribution is 6.40. The summed E-state index contributed by atoms with van der Waals surface area (Å²) in [6.07, 6.45) is 0. The van der Waals surface area contributed by atoms with Crippen LogP contribution in [0.25, 0.3) is 11.1 Å². The smallest absolute Gasteiger partial charge is 0.420 e. The standard InChI is InChI=1S/C12H11NO5/c1-6(2)13-8-5-7(10(14)11(15)16)3-4-9(8)18-12(13)17/h3-6H,1-2H3,(H,15,16). The van der Waals surface area contributed by atoms with Crippen LogP contribution < -0.4 is 5.76 Å². The molecule has 0 atom stereocenters. The van der Waals surface area contributed by atoms with Gasteiger partial charge in [0, 0.05) is 11.6 Å². The zero-order chi connectivity index (χ0) is 13.4. The number of rotatable bonds is 3. The zero-order valence-corrected chi connectivity index (χ0v) is 9.84. The van der Waals surface area contributed by atoms with Crippen molar-refractivity contribution in [2.75, 3.05) is 0 Å². The number of aromatic nitrogens is 1. The number of fused-ring (bicyclic) bond motifs is 1. The Balaban J connectivity index is 2.70. The van der Waals surface area contributed by atoms with Crippen LogP contribution in [0, 0.1) is 0 Å². The van der Waals surface area contributed by atoms with E-state index in [0.29, 0.717) is 11.1 Å². The van der Waals surface area contributed by atoms with Gasteiger partial charge in [0.2, 0.25) is 0 Å². The number of carbonyl (C=O) groups excluding carboxylic acids is 1. The molecule has 0 amide bonds. The van der Waals surface area contributed by atoms with Gasteiger partial charge in [-0.1, -0.05) is 0 Å². The van der Waals surface area contributed by atoms with Gasteiger partial charge in [0.25, 0.3) is 5.78 Å². The van der Waals surface area contributed by atoms with E-state index in [2.05, 4.69) is 0 Å². The van der Waals surface area contributed by atoms with E-state index in [4.69, 9.17) is 9.52 Å². The Morgan fingerprint density at radius 3 is 2.56 bits per heavy atom. The molecule has 0 saturated carbocycles. The minimum Gasteiger partial charge on any atom is -0.475 e. The van der Waals surface area contributed by atoms with Crippen molar-refractivity contribution in [3.8, 4) is 0 Å². The topological polar surface area (TPSA) is 89.5 Å². The second-order valence-electron chi connectivity index (χ2n) is 4.15. The SMILES string of the molecule is CC(C)n1c(=O)oc2ccc(C(=O)C(=O)O)cc21. The van der Waals surface area contributed by atoms with Crippen molar-refractivity contribution in [3.05, 3.63) is 34.3 Å². The van der Waals surface area contributed by atoms with E-state index in [9.17, 15) is 14.4 Å². The predicted molar refractivity (Wildman–Crippen MR) is 62.8 cm³/mol. The van der Waals surface area contributed by atoms with Crippen LogP contribution in [0.2, 0.25) is 0 Å². The van der Waals surface area contributed by atoms with Crippen molar-refractivity contribution in [1.82, 2.24) is 4.57 Å². The molecule has 2 rings (SSSR count). The number of carboxylic acid groups (broad SMARTS) is 1. The lowest BCUT2D eigenvalue weighted by molar-refractivity contribution is -0.131. The average molecular weight is 249 g/mol. The van der Waals surface area contributed by atoms with Crippen molar-refractivity contribution in [2.45, 2.75) is 19.9 Å². The maximum atomic E-state index is 11.6. The molecule has 0 unspecified atom stereocenters. The molecule has 0 fully saturated rings. The highest BCUT2D eigenvalue weighted by Crippen LogP contribution is 2.18. The zero-order valence-electron chi connectivity index (χ0n) is 9.84. The Labute approximate surface area is 101 Å². The van der Waals surface area contributed by atoms with Crippen LogP contribution in [0.3, 0.4) is 0 Å². The summed E-state index contributed by atoms with van der Waals surface area (Å²) in [5, 5.41) is 8.65. The summed E-state index contributed by atoms with van der Waals surface area (Å²) < 4.78 is 6.37. The van der Waals surface area contributed by atoms with E-state index < -0.39 is 17.5 Å². The summed E-state index contributed by atoms with van der Waals surface area (Å²) in [5.74, 6) is -3.07. The Kier molecular flexibility index (Phi) is 2.78. The van der Waals surface area contributed by atoms with Crippen molar-refractivity contribution in [2.24, 2.45) is 0 Å². The van der Waals surface area contributed by atoms with Crippen molar-refractivity contribution in [3.63, 3.8) is 0 Å². The number of aliphatic carboxylic acids is 1. The van der Waals surface area contributed by atoms with Crippen LogP contribution in [-0.4, -0.2) is 21.4 Å². The van der Waals surface area contributed by atoms with E-state index in [-0.39, 0.29) is 11.6 Å². The van der Waals surface area contributed by atoms with Crippen molar-refractivity contribution in [1.29, 1.82) is 0 Å². The highest BCUT2D eigenvalue weighted by Gasteiger charge is 2.18. The number of hydrogen-bond acceptors (Lipinski definition) is 4. The van der Waals surface area contributed by atoms with Crippen LogP contribution in [0.1, 0.15) is 30.2 Å². The third-order valence-electron chi connectivity index (χ3n) is 2.59. The lowest BCUT2D eigenvalue weighted by atomic mass is 10.1. The Morgan fingerprint density at radius 1 is 1.33 bits per heavy atom. The third-order valence-corrected chi connectivity index (χ3v) is 2.59. The first kappa shape index (κ1) is 12.1. The maximum absolute atomic E-state index is 11.6. The van der Waals surface area contributed by atoms with Crippen LogP contribution in [0.15, 0.2) is 27.4 Å². The minimum absolute atomic E-state index is 0.0187. The van der Waals surface area contributed by atoms with Gasteiger partial charge in [0.1, 0.15) is 0 Å². The van der Waals surface area contributed by atoms with Crippen LogP contribution in [0.5, 0.6) is 0 Å². The summed E-state index contributed by atoms with van der Waals surface area (Å²) in [7, 11) is 0. The second-order valence-corrected chi connectivity index (χ2v) is 4.15. The maximum Gasteiger partial charge on any atom is 0.420 e. The van der Waals surface area contributed by atoms with Gasteiger partial charge in [-0.3, -0.25) is 9.36 Å². The van der Waals surface area contributed by atoms with Gasteiger partial charge in [-0.25, -0.2) is 9.59 Å². The fourth-order valence-corrected chi connectivity index (χ4v) is 1.79. The van der Waals surface area contributed by atoms with E-state index in [1.54, 1.807) is 13.8 Å². The Bertz CT molecular complexity index is 692. The van der Waals surface area contributed by atoms with Gasteiger partial charge >= 0.3 is 11.7 Å². The molecular formula is C12H11NO5. The fraction of sp³-hybridized carbons (Fsp3) is 0.250. The molecule has 1 aromatic heterocycles. The fourth-order valence-electron chi connectivity index (χ4n) is 1.79. The van der Waals surface area contributed by atoms with Crippen LogP contribution in [-0.2, 0) is 4.79 Å². The number of oxazole rings is 1. The van der Waals surface area contributed by atoms with Gasteiger partial charge in [-0.2, -0.15) is 0 Å². The van der Waals surface area contributed by atoms with Crippen LogP contribution >= 0.6 is 0 Å². The number of carboxylic acids is 1. The van der Waals surface area contributed by atoms with E-state index in [0.717, 1.165) is 0 Å². The molecule has 1 aromatic carbocycles. The molecule has 0 aliphatic rings. The second kappa shape index (κ2) is 4.14. The van der Waals surface area contributed by atoms with Gasteiger partial charge in [0.05, 0.1) is 5.52 Å². The van der Waals surface area contributed by atoms with Gasteiger partial charge in [-0.15, -0.1) is 0 Å². The summed E-state index contributed by atoms with van der Waals surface area (Å²) in [5.41, 5.74) is 0.767. The summed E-state index contributed by atoms with van der Waals surface area (Å²) in [6.45, 7) is 3.59. The van der Waals surface area contributed by atoms with Gasteiger partial charge < -0.3 is 9.52 Å². The molecule has 0 bridgehead atoms. The summed E-state index contributed by atoms with van der Waals surface area (Å²) >= 11 is 0. The summed E-state index contributed by atoms with van der Waals surface area (Å²) in [6, 6.07) is 3.96. The van der Waals surface area contributed by atoms with Gasteiger partial charge in [-0.05, 0) is 32.0 Å². The van der Waals surface area contributed by atoms with E-state index in [1.165, 1.54) is 22.8 Å². The van der Waals surface area contributed by atoms with E-state index in [1.807, 2.05) is 0 Å². The number of nitrogens with zero attached hydrogens (tertiary/aromatic N) is 1. The molecule has 0 aliphatic carbocycles. The first-order chi connectivity index (χ1) is 8.41. The monoisotopic (exact) mass is 249 g/mol. The molecule has 1 heterocycles. The lowest BCUT2D eigenvalue weighted by Gasteiger charge is -2.05. The Morgan fingerprint density at radius 2 is 2.00 bits per heavy atom. The Hall–Kier alpha value is -2.37. The van der Waals surface area contributed by atoms with Crippen molar-refractivity contribution < 1.29 is 19.1 Å². The minimum atomic E-state index is -1.53. The number of ketones is 1. The van der Waals surface area contributed by atoms with Crippen molar-refractivity contribution >= 4 is 22.9 Å². The number of Topliss-reactive ketones (excluding diaryl/α,β-unsaturated/α-hetero) is 1. The number of carbonyl (C=O) groups is 2.